The molecule has 0 saturated heterocycles. The summed E-state index contributed by atoms with van der Waals surface area (Å²) in [4.78, 5) is 33.7. The molecule has 0 bridgehead atoms. The van der Waals surface area contributed by atoms with E-state index >= 15 is 0 Å². The average molecular weight is 410 g/mol. The van der Waals surface area contributed by atoms with Crippen LogP contribution in [-0.4, -0.2) is 57.8 Å². The summed E-state index contributed by atoms with van der Waals surface area (Å²) < 4.78 is 5.35. The molecule has 2 N–H and O–H groups in total. The molecule has 0 spiro atoms. The van der Waals surface area contributed by atoms with Crippen molar-refractivity contribution in [1.29, 1.82) is 0 Å². The van der Waals surface area contributed by atoms with Crippen LogP contribution < -0.4 is 5.32 Å². The minimum Gasteiger partial charge on any atom is -0.478 e. The molecule has 0 fully saturated rings. The Bertz CT molecular complexity index is 1090. The fourth-order valence-electron chi connectivity index (χ4n) is 3.07. The first-order valence-electron chi connectivity index (χ1n) is 9.74. The summed E-state index contributed by atoms with van der Waals surface area (Å²) in [5, 5.41) is 15.2. The maximum atomic E-state index is 12.0. The fourth-order valence-corrected chi connectivity index (χ4v) is 3.07. The molecule has 0 aliphatic rings. The number of pyridine rings is 2. The van der Waals surface area contributed by atoms with Gasteiger partial charge >= 0.3 is 12.1 Å². The van der Waals surface area contributed by atoms with E-state index in [1.165, 1.54) is 0 Å². The monoisotopic (exact) mass is 410 g/mol. The van der Waals surface area contributed by atoms with Crippen LogP contribution in [0.5, 0.6) is 0 Å². The Balaban J connectivity index is 1.75. The van der Waals surface area contributed by atoms with Crippen LogP contribution in [0.3, 0.4) is 0 Å². The number of hydrogen-bond donors (Lipinski definition) is 2. The molecule has 3 aromatic rings. The number of nitrogens with zero attached hydrogens (tertiary/aromatic N) is 3. The Morgan fingerprint density at radius 2 is 1.93 bits per heavy atom. The van der Waals surface area contributed by atoms with Crippen molar-refractivity contribution in [2.75, 3.05) is 25.5 Å². The van der Waals surface area contributed by atoms with Gasteiger partial charge in [0.05, 0.1) is 11.1 Å². The molecule has 0 atom stereocenters. The number of benzene rings is 1. The van der Waals surface area contributed by atoms with Gasteiger partial charge in [-0.15, -0.1) is 0 Å². The second-order valence-electron chi connectivity index (χ2n) is 8.10. The van der Waals surface area contributed by atoms with Crippen molar-refractivity contribution in [1.82, 2.24) is 14.9 Å². The molecule has 8 heteroatoms. The van der Waals surface area contributed by atoms with E-state index in [1.54, 1.807) is 42.5 Å². The van der Waals surface area contributed by atoms with E-state index in [-0.39, 0.29) is 11.7 Å². The van der Waals surface area contributed by atoms with Crippen LogP contribution >= 0.6 is 0 Å². The van der Waals surface area contributed by atoms with Gasteiger partial charge in [0, 0.05) is 48.7 Å². The van der Waals surface area contributed by atoms with Gasteiger partial charge in [0.1, 0.15) is 11.4 Å². The highest BCUT2D eigenvalue weighted by Gasteiger charge is 2.19. The van der Waals surface area contributed by atoms with Crippen molar-refractivity contribution in [3.8, 4) is 0 Å². The van der Waals surface area contributed by atoms with Gasteiger partial charge in [-0.3, -0.25) is 4.98 Å². The number of ether oxygens (including phenoxy) is 1. The molecule has 0 unspecified atom stereocenters. The van der Waals surface area contributed by atoms with E-state index in [0.29, 0.717) is 30.8 Å². The molecule has 158 valence electrons. The zero-order valence-electron chi connectivity index (χ0n) is 17.6. The molecule has 2 aromatic heterocycles. The number of nitrogens with one attached hydrogen (secondary N) is 1. The Hall–Kier alpha value is -3.42. The number of fused-ring (bicyclic) bond motifs is 3. The number of anilines is 1. The number of aromatic nitrogens is 2. The summed E-state index contributed by atoms with van der Waals surface area (Å²) in [6.07, 6.45) is 3.78. The fraction of sp³-hybridized carbons (Fsp3) is 0.364. The van der Waals surface area contributed by atoms with Crippen molar-refractivity contribution in [3.05, 3.63) is 42.2 Å². The normalized spacial score (nSPS) is 11.5. The van der Waals surface area contributed by atoms with Gasteiger partial charge in [-0.2, -0.15) is 0 Å². The first-order valence-corrected chi connectivity index (χ1v) is 9.74. The number of aromatic carboxylic acids is 1. The van der Waals surface area contributed by atoms with E-state index in [1.807, 2.05) is 26.8 Å². The molecule has 0 radical (unpaired) electrons. The van der Waals surface area contributed by atoms with Gasteiger partial charge in [-0.1, -0.05) is 6.07 Å². The third-order valence-corrected chi connectivity index (χ3v) is 4.51. The van der Waals surface area contributed by atoms with Crippen molar-refractivity contribution >= 4 is 39.6 Å². The van der Waals surface area contributed by atoms with Crippen LogP contribution in [0.15, 0.2) is 36.7 Å². The Kier molecular flexibility index (Phi) is 6.05. The summed E-state index contributed by atoms with van der Waals surface area (Å²) in [6.45, 7) is 6.62. The number of carboxylic acids is 1. The van der Waals surface area contributed by atoms with E-state index < -0.39 is 11.6 Å². The summed E-state index contributed by atoms with van der Waals surface area (Å²) in [5.41, 5.74) is 0.243. The van der Waals surface area contributed by atoms with Gasteiger partial charge in [-0.25, -0.2) is 14.6 Å². The first kappa shape index (κ1) is 21.3. The number of rotatable bonds is 6. The number of carbonyl (C=O) groups excluding carboxylic acids is 1. The SMILES string of the molecule is CN(CCCNc1nc2cc(C(=O)O)ccc2c2cnccc12)C(=O)OC(C)(C)C. The quantitative estimate of drug-likeness (QED) is 0.464. The molecule has 0 aliphatic carbocycles. The predicted molar refractivity (Wildman–Crippen MR) is 116 cm³/mol. The highest BCUT2D eigenvalue weighted by atomic mass is 16.6. The van der Waals surface area contributed by atoms with Crippen LogP contribution in [-0.2, 0) is 4.74 Å². The molecular formula is C22H26N4O4. The standard InChI is InChI=1S/C22H26N4O4/c1-22(2,3)30-21(29)26(4)11-5-9-24-19-16-8-10-23-13-17(16)15-7-6-14(20(27)28)12-18(15)25-19/h6-8,10,12-13H,5,9,11H2,1-4H3,(H,24,25)(H,27,28). The lowest BCUT2D eigenvalue weighted by Crippen LogP contribution is -2.35. The molecular weight excluding hydrogens is 384 g/mol. The summed E-state index contributed by atoms with van der Waals surface area (Å²) >= 11 is 0. The molecule has 0 saturated carbocycles. The first-order chi connectivity index (χ1) is 14.2. The van der Waals surface area contributed by atoms with Crippen LogP contribution in [0, 0.1) is 0 Å². The van der Waals surface area contributed by atoms with Crippen molar-refractivity contribution in [3.63, 3.8) is 0 Å². The van der Waals surface area contributed by atoms with E-state index in [9.17, 15) is 14.7 Å². The molecule has 1 aromatic carbocycles. The number of amides is 1. The minimum absolute atomic E-state index is 0.183. The number of carbonyl (C=O) groups is 2. The minimum atomic E-state index is -0.996. The lowest BCUT2D eigenvalue weighted by atomic mass is 10.1. The van der Waals surface area contributed by atoms with Gasteiger partial charge in [0.15, 0.2) is 0 Å². The molecule has 2 heterocycles. The molecule has 8 nitrogen and oxygen atoms in total. The lowest BCUT2D eigenvalue weighted by molar-refractivity contribution is 0.0298. The predicted octanol–water partition coefficient (Wildman–Crippen LogP) is 4.15. The molecule has 0 aliphatic heterocycles. The Morgan fingerprint density at radius 3 is 2.63 bits per heavy atom. The van der Waals surface area contributed by atoms with E-state index in [4.69, 9.17) is 4.74 Å². The zero-order valence-corrected chi connectivity index (χ0v) is 17.6. The third-order valence-electron chi connectivity index (χ3n) is 4.51. The maximum absolute atomic E-state index is 12.0. The summed E-state index contributed by atoms with van der Waals surface area (Å²) in [5.74, 6) is -0.341. The highest BCUT2D eigenvalue weighted by molar-refractivity contribution is 6.10. The van der Waals surface area contributed by atoms with E-state index in [2.05, 4.69) is 15.3 Å². The van der Waals surface area contributed by atoms with Crippen molar-refractivity contribution in [2.24, 2.45) is 0 Å². The third kappa shape index (κ3) is 4.94. The average Bonchev–Trinajstić information content (AvgIpc) is 2.69. The highest BCUT2D eigenvalue weighted by Crippen LogP contribution is 2.29. The summed E-state index contributed by atoms with van der Waals surface area (Å²) in [6, 6.07) is 6.77. The lowest BCUT2D eigenvalue weighted by Gasteiger charge is -2.24. The smallest absolute Gasteiger partial charge is 0.410 e. The summed E-state index contributed by atoms with van der Waals surface area (Å²) in [7, 11) is 1.71. The molecule has 30 heavy (non-hydrogen) atoms. The second-order valence-corrected chi connectivity index (χ2v) is 8.10. The maximum Gasteiger partial charge on any atom is 0.410 e. The zero-order chi connectivity index (χ0) is 21.9. The number of carboxylic acid groups (broad SMARTS) is 1. The van der Waals surface area contributed by atoms with Gasteiger partial charge < -0.3 is 20.1 Å². The van der Waals surface area contributed by atoms with E-state index in [0.717, 1.165) is 16.2 Å². The number of hydrogen-bond acceptors (Lipinski definition) is 6. The van der Waals surface area contributed by atoms with Gasteiger partial charge in [0.2, 0.25) is 0 Å². The topological polar surface area (TPSA) is 105 Å². The van der Waals surface area contributed by atoms with Crippen LogP contribution in [0.4, 0.5) is 10.6 Å². The largest absolute Gasteiger partial charge is 0.478 e. The Labute approximate surface area is 174 Å². The van der Waals surface area contributed by atoms with Crippen molar-refractivity contribution < 1.29 is 19.4 Å². The van der Waals surface area contributed by atoms with Crippen molar-refractivity contribution in [2.45, 2.75) is 32.8 Å². The Morgan fingerprint density at radius 1 is 1.17 bits per heavy atom. The van der Waals surface area contributed by atoms with Gasteiger partial charge in [-0.05, 0) is 45.4 Å². The molecule has 3 rings (SSSR count). The van der Waals surface area contributed by atoms with Crippen LogP contribution in [0.1, 0.15) is 37.6 Å². The molecule has 1 amide bonds. The van der Waals surface area contributed by atoms with Crippen LogP contribution in [0.2, 0.25) is 0 Å². The van der Waals surface area contributed by atoms with Gasteiger partial charge in [0.25, 0.3) is 0 Å². The van der Waals surface area contributed by atoms with Crippen LogP contribution in [0.25, 0.3) is 21.7 Å². The second kappa shape index (κ2) is 8.52.